The number of carboxylic acids is 1. The summed E-state index contributed by atoms with van der Waals surface area (Å²) in [5, 5.41) is 8.95. The zero-order chi connectivity index (χ0) is 13.6. The number of likely N-dealkylation sites (tertiary alicyclic amines) is 1. The molecular formula is C13H21NO4. The molecule has 0 bridgehead atoms. The van der Waals surface area contributed by atoms with Gasteiger partial charge in [0.25, 0.3) is 0 Å². The highest BCUT2D eigenvalue weighted by molar-refractivity contribution is 5.73. The topological polar surface area (TPSA) is 66.8 Å². The van der Waals surface area contributed by atoms with Gasteiger partial charge >= 0.3 is 12.1 Å². The number of nitrogens with zero attached hydrogens (tertiary/aromatic N) is 1. The van der Waals surface area contributed by atoms with Gasteiger partial charge < -0.3 is 14.7 Å². The van der Waals surface area contributed by atoms with Crippen LogP contribution in [-0.2, 0) is 9.53 Å². The first-order chi connectivity index (χ1) is 8.23. The maximum Gasteiger partial charge on any atom is 0.410 e. The fraction of sp³-hybridized carbons (Fsp3) is 0.846. The van der Waals surface area contributed by atoms with Crippen molar-refractivity contribution in [1.82, 2.24) is 4.90 Å². The van der Waals surface area contributed by atoms with E-state index >= 15 is 0 Å². The molecule has 1 N–H and O–H groups in total. The minimum absolute atomic E-state index is 0.0270. The van der Waals surface area contributed by atoms with Crippen LogP contribution in [0.2, 0.25) is 0 Å². The van der Waals surface area contributed by atoms with E-state index in [4.69, 9.17) is 9.84 Å². The summed E-state index contributed by atoms with van der Waals surface area (Å²) in [5.74, 6) is -0.848. The third kappa shape index (κ3) is 2.31. The lowest BCUT2D eigenvalue weighted by Crippen LogP contribution is -2.69. The monoisotopic (exact) mass is 255 g/mol. The van der Waals surface area contributed by atoms with Crippen LogP contribution in [0.3, 0.4) is 0 Å². The van der Waals surface area contributed by atoms with Crippen molar-refractivity contribution in [1.29, 1.82) is 0 Å². The number of hydrogen-bond donors (Lipinski definition) is 1. The Hall–Kier alpha value is -1.26. The van der Waals surface area contributed by atoms with Crippen molar-refractivity contribution in [2.45, 2.75) is 58.1 Å². The number of hydrogen-bond acceptors (Lipinski definition) is 3. The Bertz CT molecular complexity index is 368. The average molecular weight is 255 g/mol. The average Bonchev–Trinajstić information content (AvgIpc) is 2.06. The highest BCUT2D eigenvalue weighted by Crippen LogP contribution is 2.54. The van der Waals surface area contributed by atoms with E-state index in [0.29, 0.717) is 6.54 Å². The van der Waals surface area contributed by atoms with Gasteiger partial charge in [-0.2, -0.15) is 0 Å². The highest BCUT2D eigenvalue weighted by Gasteiger charge is 2.58. The zero-order valence-corrected chi connectivity index (χ0v) is 11.2. The number of carboxylic acid groups (broad SMARTS) is 1. The van der Waals surface area contributed by atoms with Crippen LogP contribution in [0, 0.1) is 5.41 Å². The van der Waals surface area contributed by atoms with Crippen LogP contribution in [0.5, 0.6) is 0 Å². The Morgan fingerprint density at radius 1 is 1.39 bits per heavy atom. The molecular weight excluding hydrogens is 234 g/mol. The summed E-state index contributed by atoms with van der Waals surface area (Å²) < 4.78 is 5.31. The second-order valence-corrected chi connectivity index (χ2v) is 6.44. The molecule has 1 heterocycles. The van der Waals surface area contributed by atoms with Gasteiger partial charge in [-0.1, -0.05) is 6.42 Å². The molecule has 1 aliphatic carbocycles. The van der Waals surface area contributed by atoms with Crippen molar-refractivity contribution in [2.24, 2.45) is 5.41 Å². The van der Waals surface area contributed by atoms with Crippen molar-refractivity contribution in [3.05, 3.63) is 0 Å². The van der Waals surface area contributed by atoms with Gasteiger partial charge in [0.1, 0.15) is 5.60 Å². The molecule has 0 radical (unpaired) electrons. The van der Waals surface area contributed by atoms with Crippen molar-refractivity contribution < 1.29 is 19.4 Å². The van der Waals surface area contributed by atoms with E-state index in [1.165, 1.54) is 0 Å². The Morgan fingerprint density at radius 3 is 2.39 bits per heavy atom. The van der Waals surface area contributed by atoms with Crippen molar-refractivity contribution >= 4 is 12.1 Å². The summed E-state index contributed by atoms with van der Waals surface area (Å²) in [6, 6.07) is -0.182. The standard InChI is InChI=1S/C13H21NO4/c1-12(2,3)18-11(17)14-8-13(5-4-6-13)9(14)7-10(15)16/h9H,4-8H2,1-3H3,(H,15,16). The van der Waals surface area contributed by atoms with Crippen LogP contribution in [0.25, 0.3) is 0 Å². The van der Waals surface area contributed by atoms with Gasteiger partial charge in [-0.3, -0.25) is 4.79 Å². The quantitative estimate of drug-likeness (QED) is 0.821. The smallest absolute Gasteiger partial charge is 0.410 e. The molecule has 0 aromatic carbocycles. The molecule has 1 atom stereocenters. The summed E-state index contributed by atoms with van der Waals surface area (Å²) in [6.07, 6.45) is 2.85. The number of carbonyl (C=O) groups excluding carboxylic acids is 1. The van der Waals surface area contributed by atoms with Gasteiger partial charge in [0.15, 0.2) is 0 Å². The van der Waals surface area contributed by atoms with Crippen LogP contribution < -0.4 is 0 Å². The SMILES string of the molecule is CC(C)(C)OC(=O)N1CC2(CCC2)C1CC(=O)O. The number of aliphatic carboxylic acids is 1. The van der Waals surface area contributed by atoms with Crippen LogP contribution in [-0.4, -0.2) is 40.3 Å². The minimum atomic E-state index is -0.848. The van der Waals surface area contributed by atoms with E-state index in [1.54, 1.807) is 4.90 Å². The predicted molar refractivity (Wildman–Crippen MR) is 65.3 cm³/mol. The molecule has 2 rings (SSSR count). The molecule has 1 amide bonds. The van der Waals surface area contributed by atoms with Gasteiger partial charge in [0, 0.05) is 12.0 Å². The molecule has 1 saturated heterocycles. The number of amides is 1. The molecule has 102 valence electrons. The number of carbonyl (C=O) groups is 2. The predicted octanol–water partition coefficient (Wildman–Crippen LogP) is 2.25. The molecule has 0 aromatic heterocycles. The maximum absolute atomic E-state index is 12.0. The van der Waals surface area contributed by atoms with Gasteiger partial charge in [0.2, 0.25) is 0 Å². The molecule has 5 heteroatoms. The number of ether oxygens (including phenoxy) is 1. The van der Waals surface area contributed by atoms with Gasteiger partial charge in [0.05, 0.1) is 12.5 Å². The van der Waals surface area contributed by atoms with E-state index in [0.717, 1.165) is 19.3 Å². The van der Waals surface area contributed by atoms with Crippen LogP contribution in [0.1, 0.15) is 46.5 Å². The Labute approximate surface area is 107 Å². The van der Waals surface area contributed by atoms with E-state index in [2.05, 4.69) is 0 Å². The van der Waals surface area contributed by atoms with E-state index < -0.39 is 11.6 Å². The largest absolute Gasteiger partial charge is 0.481 e. The fourth-order valence-electron chi connectivity index (χ4n) is 2.90. The molecule has 1 saturated carbocycles. The van der Waals surface area contributed by atoms with E-state index in [9.17, 15) is 9.59 Å². The molecule has 18 heavy (non-hydrogen) atoms. The van der Waals surface area contributed by atoms with Crippen LogP contribution in [0.4, 0.5) is 4.79 Å². The van der Waals surface area contributed by atoms with Crippen molar-refractivity contribution in [3.8, 4) is 0 Å². The Balaban J connectivity index is 2.01. The van der Waals surface area contributed by atoms with Gasteiger partial charge in [-0.15, -0.1) is 0 Å². The fourth-order valence-corrected chi connectivity index (χ4v) is 2.90. The first-order valence-electron chi connectivity index (χ1n) is 6.45. The molecule has 2 fully saturated rings. The molecule has 2 aliphatic rings. The van der Waals surface area contributed by atoms with Gasteiger partial charge in [-0.25, -0.2) is 4.79 Å². The second-order valence-electron chi connectivity index (χ2n) is 6.44. The van der Waals surface area contributed by atoms with Crippen molar-refractivity contribution in [3.63, 3.8) is 0 Å². The molecule has 0 aromatic rings. The summed E-state index contributed by atoms with van der Waals surface area (Å²) in [4.78, 5) is 24.5. The lowest BCUT2D eigenvalue weighted by Gasteiger charge is -2.61. The normalized spacial score (nSPS) is 25.3. The maximum atomic E-state index is 12.0. The minimum Gasteiger partial charge on any atom is -0.481 e. The lowest BCUT2D eigenvalue weighted by molar-refractivity contribution is -0.153. The molecule has 1 spiro atoms. The van der Waals surface area contributed by atoms with Crippen LogP contribution in [0.15, 0.2) is 0 Å². The molecule has 1 aliphatic heterocycles. The van der Waals surface area contributed by atoms with Gasteiger partial charge in [-0.05, 0) is 33.6 Å². The third-order valence-electron chi connectivity index (χ3n) is 3.91. The first kappa shape index (κ1) is 13.2. The Kier molecular flexibility index (Phi) is 3.03. The molecule has 5 nitrogen and oxygen atoms in total. The zero-order valence-electron chi connectivity index (χ0n) is 11.2. The third-order valence-corrected chi connectivity index (χ3v) is 3.91. The lowest BCUT2D eigenvalue weighted by atomic mass is 9.57. The first-order valence-corrected chi connectivity index (χ1v) is 6.45. The summed E-state index contributed by atoms with van der Waals surface area (Å²) in [5.41, 5.74) is -0.470. The number of rotatable bonds is 2. The van der Waals surface area contributed by atoms with Crippen molar-refractivity contribution in [2.75, 3.05) is 6.54 Å². The molecule has 1 unspecified atom stereocenters. The second kappa shape index (κ2) is 4.14. The Morgan fingerprint density at radius 2 is 2.00 bits per heavy atom. The van der Waals surface area contributed by atoms with Crippen LogP contribution >= 0.6 is 0 Å². The summed E-state index contributed by atoms with van der Waals surface area (Å²) >= 11 is 0. The highest BCUT2D eigenvalue weighted by atomic mass is 16.6. The van der Waals surface area contributed by atoms with E-state index in [-0.39, 0.29) is 24.0 Å². The summed E-state index contributed by atoms with van der Waals surface area (Å²) in [6.45, 7) is 6.10. The van der Waals surface area contributed by atoms with E-state index in [1.807, 2.05) is 20.8 Å². The summed E-state index contributed by atoms with van der Waals surface area (Å²) in [7, 11) is 0.